The van der Waals surface area contributed by atoms with Gasteiger partial charge in [-0.05, 0) is 42.6 Å². The molecule has 0 saturated heterocycles. The predicted molar refractivity (Wildman–Crippen MR) is 104 cm³/mol. The largest absolute Gasteiger partial charge is 0.417 e. The molecule has 4 nitrogen and oxygen atoms in total. The molecule has 5 heteroatoms. The molecule has 0 bridgehead atoms. The van der Waals surface area contributed by atoms with Crippen LogP contribution in [0.15, 0.2) is 18.3 Å². The maximum Gasteiger partial charge on any atom is 0.230 e. The fourth-order valence-corrected chi connectivity index (χ4v) is 2.94. The highest BCUT2D eigenvalue weighted by Crippen LogP contribution is 2.36. The van der Waals surface area contributed by atoms with Crippen molar-refractivity contribution in [2.45, 2.75) is 72.5 Å². The van der Waals surface area contributed by atoms with Crippen molar-refractivity contribution in [3.05, 3.63) is 23.9 Å². The van der Waals surface area contributed by atoms with Crippen LogP contribution in [-0.4, -0.2) is 25.8 Å². The second-order valence-corrected chi connectivity index (χ2v) is 13.7. The second kappa shape index (κ2) is 7.79. The number of hydrogen-bond acceptors (Lipinski definition) is 3. The summed E-state index contributed by atoms with van der Waals surface area (Å²) in [6, 6.07) is 3.94. The van der Waals surface area contributed by atoms with Crippen molar-refractivity contribution < 1.29 is 9.22 Å². The standard InChI is InChI=1S/C19H34N2O2Si/c1-18(2,3)17(22)21-16-15(11-9-13-20-16)12-10-14-23-24(7,8)19(4,5)6/h9,11,13H,10,12,14H2,1-8H3,(H,20,21,22). The van der Waals surface area contributed by atoms with Gasteiger partial charge in [-0.15, -0.1) is 0 Å². The monoisotopic (exact) mass is 350 g/mol. The summed E-state index contributed by atoms with van der Waals surface area (Å²) < 4.78 is 6.22. The van der Waals surface area contributed by atoms with Gasteiger partial charge >= 0.3 is 0 Å². The number of anilines is 1. The van der Waals surface area contributed by atoms with E-state index >= 15 is 0 Å². The van der Waals surface area contributed by atoms with Crippen LogP contribution in [-0.2, 0) is 15.6 Å². The number of aryl methyl sites for hydroxylation is 1. The molecule has 1 amide bonds. The Morgan fingerprint density at radius 2 is 1.83 bits per heavy atom. The van der Waals surface area contributed by atoms with Gasteiger partial charge in [-0.2, -0.15) is 0 Å². The van der Waals surface area contributed by atoms with Crippen molar-refractivity contribution in [3.8, 4) is 0 Å². The highest BCUT2D eigenvalue weighted by Gasteiger charge is 2.36. The molecule has 0 aliphatic carbocycles. The van der Waals surface area contributed by atoms with Gasteiger partial charge in [-0.25, -0.2) is 4.98 Å². The first-order valence-electron chi connectivity index (χ1n) is 8.74. The minimum absolute atomic E-state index is 0.0139. The van der Waals surface area contributed by atoms with E-state index in [1.54, 1.807) is 6.20 Å². The zero-order valence-electron chi connectivity index (χ0n) is 16.6. The zero-order valence-corrected chi connectivity index (χ0v) is 17.6. The summed E-state index contributed by atoms with van der Waals surface area (Å²) >= 11 is 0. The topological polar surface area (TPSA) is 51.2 Å². The van der Waals surface area contributed by atoms with Gasteiger partial charge in [0.25, 0.3) is 0 Å². The summed E-state index contributed by atoms with van der Waals surface area (Å²) in [7, 11) is -1.69. The van der Waals surface area contributed by atoms with E-state index in [0.29, 0.717) is 5.82 Å². The van der Waals surface area contributed by atoms with Crippen LogP contribution in [0.3, 0.4) is 0 Å². The average molecular weight is 351 g/mol. The second-order valence-electron chi connectivity index (χ2n) is 8.93. The van der Waals surface area contributed by atoms with Crippen molar-refractivity contribution >= 4 is 20.0 Å². The molecule has 0 aliphatic heterocycles. The number of pyridine rings is 1. The van der Waals surface area contributed by atoms with Gasteiger partial charge in [0, 0.05) is 18.2 Å². The summed E-state index contributed by atoms with van der Waals surface area (Å²) in [5.74, 6) is 0.657. The van der Waals surface area contributed by atoms with Gasteiger partial charge in [0.15, 0.2) is 8.32 Å². The lowest BCUT2D eigenvalue weighted by Gasteiger charge is -2.36. The van der Waals surface area contributed by atoms with Crippen LogP contribution >= 0.6 is 0 Å². The SMILES string of the molecule is CC(C)(C)C(=O)Nc1ncccc1CCCO[Si](C)(C)C(C)(C)C. The first-order valence-corrected chi connectivity index (χ1v) is 11.6. The Morgan fingerprint density at radius 3 is 2.38 bits per heavy atom. The number of nitrogens with one attached hydrogen (secondary N) is 1. The van der Waals surface area contributed by atoms with Crippen molar-refractivity contribution in [2.24, 2.45) is 5.41 Å². The molecule has 0 saturated carbocycles. The van der Waals surface area contributed by atoms with Gasteiger partial charge < -0.3 is 9.74 Å². The van der Waals surface area contributed by atoms with Crippen molar-refractivity contribution in [1.29, 1.82) is 0 Å². The first-order chi connectivity index (χ1) is 10.8. The fourth-order valence-electron chi connectivity index (χ4n) is 1.85. The van der Waals surface area contributed by atoms with E-state index in [9.17, 15) is 4.79 Å². The van der Waals surface area contributed by atoms with Crippen LogP contribution in [0.1, 0.15) is 53.5 Å². The van der Waals surface area contributed by atoms with Crippen LogP contribution in [0.25, 0.3) is 0 Å². The molecule has 0 aliphatic rings. The first kappa shape index (κ1) is 20.8. The Bertz CT molecular complexity index is 557. The van der Waals surface area contributed by atoms with Gasteiger partial charge in [-0.3, -0.25) is 4.79 Å². The smallest absolute Gasteiger partial charge is 0.230 e. The minimum Gasteiger partial charge on any atom is -0.417 e. The van der Waals surface area contributed by atoms with Crippen LogP contribution in [0.5, 0.6) is 0 Å². The van der Waals surface area contributed by atoms with Gasteiger partial charge in [0.2, 0.25) is 5.91 Å². The molecule has 0 unspecified atom stereocenters. The van der Waals surface area contributed by atoms with Crippen LogP contribution in [0, 0.1) is 5.41 Å². The molecule has 1 N–H and O–H groups in total. The predicted octanol–water partition coefficient (Wildman–Crippen LogP) is 5.02. The Balaban J connectivity index is 2.62. The van der Waals surface area contributed by atoms with Crippen LogP contribution in [0.2, 0.25) is 18.1 Å². The molecule has 0 radical (unpaired) electrons. The number of aromatic nitrogens is 1. The van der Waals surface area contributed by atoms with E-state index in [-0.39, 0.29) is 10.9 Å². The quantitative estimate of drug-likeness (QED) is 0.579. The normalized spacial score (nSPS) is 13.0. The van der Waals surface area contributed by atoms with Gasteiger partial charge in [0.05, 0.1) is 0 Å². The fraction of sp³-hybridized carbons (Fsp3) is 0.684. The zero-order chi connectivity index (χ0) is 18.6. The number of rotatable bonds is 6. The molecule has 0 aromatic carbocycles. The van der Waals surface area contributed by atoms with E-state index in [4.69, 9.17) is 4.43 Å². The van der Waals surface area contributed by atoms with Crippen LogP contribution in [0.4, 0.5) is 5.82 Å². The van der Waals surface area contributed by atoms with E-state index in [2.05, 4.69) is 44.2 Å². The molecule has 136 valence electrons. The third-order valence-corrected chi connectivity index (χ3v) is 9.20. The summed E-state index contributed by atoms with van der Waals surface area (Å²) in [6.07, 6.45) is 3.49. The van der Waals surface area contributed by atoms with Crippen molar-refractivity contribution in [1.82, 2.24) is 4.98 Å². The van der Waals surface area contributed by atoms with Gasteiger partial charge in [-0.1, -0.05) is 47.6 Å². The average Bonchev–Trinajstić information content (AvgIpc) is 2.43. The molecular weight excluding hydrogens is 316 g/mol. The lowest BCUT2D eigenvalue weighted by Crippen LogP contribution is -2.41. The maximum absolute atomic E-state index is 12.2. The third kappa shape index (κ3) is 6.02. The number of amides is 1. The number of carbonyl (C=O) groups excluding carboxylic acids is 1. The highest BCUT2D eigenvalue weighted by molar-refractivity contribution is 6.74. The summed E-state index contributed by atoms with van der Waals surface area (Å²) in [6.45, 7) is 17.7. The third-order valence-electron chi connectivity index (χ3n) is 4.66. The van der Waals surface area contributed by atoms with E-state index in [1.165, 1.54) is 0 Å². The van der Waals surface area contributed by atoms with Crippen molar-refractivity contribution in [3.63, 3.8) is 0 Å². The molecule has 1 rings (SSSR count). The number of nitrogens with zero attached hydrogens (tertiary/aromatic N) is 1. The molecule has 0 fully saturated rings. The number of hydrogen-bond donors (Lipinski definition) is 1. The summed E-state index contributed by atoms with van der Waals surface area (Å²) in [4.78, 5) is 16.5. The lowest BCUT2D eigenvalue weighted by molar-refractivity contribution is -0.123. The van der Waals surface area contributed by atoms with Crippen LogP contribution < -0.4 is 5.32 Å². The van der Waals surface area contributed by atoms with Gasteiger partial charge in [0.1, 0.15) is 5.82 Å². The summed E-state index contributed by atoms with van der Waals surface area (Å²) in [5, 5.41) is 3.18. The maximum atomic E-state index is 12.2. The lowest BCUT2D eigenvalue weighted by atomic mass is 9.95. The molecule has 0 spiro atoms. The van der Waals surface area contributed by atoms with E-state index in [0.717, 1.165) is 25.0 Å². The Labute approximate surface area is 148 Å². The minimum atomic E-state index is -1.69. The molecule has 1 aromatic heterocycles. The molecular formula is C19H34N2O2Si. The van der Waals surface area contributed by atoms with E-state index < -0.39 is 13.7 Å². The Hall–Kier alpha value is -1.20. The molecule has 1 aromatic rings. The Kier molecular flexibility index (Phi) is 6.76. The Morgan fingerprint density at radius 1 is 1.21 bits per heavy atom. The molecule has 1 heterocycles. The molecule has 0 atom stereocenters. The molecule has 24 heavy (non-hydrogen) atoms. The summed E-state index contributed by atoms with van der Waals surface area (Å²) in [5.41, 5.74) is 0.634. The van der Waals surface area contributed by atoms with Crippen molar-refractivity contribution in [2.75, 3.05) is 11.9 Å². The number of carbonyl (C=O) groups is 1. The highest BCUT2D eigenvalue weighted by atomic mass is 28.4. The van der Waals surface area contributed by atoms with E-state index in [1.807, 2.05) is 32.9 Å².